The molecule has 0 aliphatic heterocycles. The Morgan fingerprint density at radius 3 is 2.44 bits per heavy atom. The molecule has 3 nitrogen and oxygen atoms in total. The molecule has 0 bridgehead atoms. The average Bonchev–Trinajstić information content (AvgIpc) is 3.15. The van der Waals surface area contributed by atoms with E-state index in [4.69, 9.17) is 9.47 Å². The number of hydrogen-bond acceptors (Lipinski definition) is 2. The number of methoxy groups -OCH3 is 1. The molecular weight excluding hydrogens is 334 g/mol. The highest BCUT2D eigenvalue weighted by atomic mass is 16.5. The van der Waals surface area contributed by atoms with Gasteiger partial charge in [-0.25, -0.2) is 0 Å². The van der Waals surface area contributed by atoms with Gasteiger partial charge in [-0.1, -0.05) is 48.5 Å². The average molecular weight is 355 g/mol. The maximum absolute atomic E-state index is 6.06. The summed E-state index contributed by atoms with van der Waals surface area (Å²) in [5.74, 6) is 1.76. The van der Waals surface area contributed by atoms with Gasteiger partial charge in [-0.15, -0.1) is 0 Å². The minimum absolute atomic E-state index is 0.562. The van der Waals surface area contributed by atoms with E-state index in [1.165, 1.54) is 0 Å². The number of aromatic nitrogens is 1. The highest BCUT2D eigenvalue weighted by molar-refractivity contribution is 5.88. The SMILES string of the molecule is COc1ccc(/C=C/n2ccc3c(OCc4ccccc4)cccc32)cc1. The fraction of sp³-hybridized carbons (Fsp3) is 0.0833. The van der Waals surface area contributed by atoms with E-state index in [-0.39, 0.29) is 0 Å². The molecule has 0 radical (unpaired) electrons. The van der Waals surface area contributed by atoms with Crippen molar-refractivity contribution in [2.75, 3.05) is 7.11 Å². The van der Waals surface area contributed by atoms with Gasteiger partial charge in [-0.05, 0) is 47.5 Å². The molecular formula is C24H21NO2. The third kappa shape index (κ3) is 3.87. The quantitative estimate of drug-likeness (QED) is 0.433. The maximum Gasteiger partial charge on any atom is 0.129 e. The van der Waals surface area contributed by atoms with Crippen molar-refractivity contribution < 1.29 is 9.47 Å². The monoisotopic (exact) mass is 355 g/mol. The normalized spacial score (nSPS) is 11.1. The van der Waals surface area contributed by atoms with E-state index >= 15 is 0 Å². The molecule has 0 aliphatic carbocycles. The smallest absolute Gasteiger partial charge is 0.129 e. The van der Waals surface area contributed by atoms with E-state index in [1.807, 2.05) is 54.6 Å². The second-order valence-corrected chi connectivity index (χ2v) is 6.28. The zero-order valence-electron chi connectivity index (χ0n) is 15.2. The number of hydrogen-bond donors (Lipinski definition) is 0. The van der Waals surface area contributed by atoms with Crippen molar-refractivity contribution in [1.82, 2.24) is 4.57 Å². The molecule has 1 heterocycles. The molecule has 3 aromatic carbocycles. The van der Waals surface area contributed by atoms with Crippen LogP contribution < -0.4 is 9.47 Å². The van der Waals surface area contributed by atoms with Gasteiger partial charge in [0, 0.05) is 17.8 Å². The number of rotatable bonds is 6. The van der Waals surface area contributed by atoms with Crippen LogP contribution in [0.4, 0.5) is 0 Å². The molecule has 0 N–H and O–H groups in total. The fourth-order valence-corrected chi connectivity index (χ4v) is 3.03. The first-order chi connectivity index (χ1) is 13.3. The van der Waals surface area contributed by atoms with E-state index < -0.39 is 0 Å². The van der Waals surface area contributed by atoms with Crippen LogP contribution in [0.15, 0.2) is 85.1 Å². The first-order valence-electron chi connectivity index (χ1n) is 8.92. The molecule has 0 fully saturated rings. The first-order valence-corrected chi connectivity index (χ1v) is 8.92. The second kappa shape index (κ2) is 7.83. The molecule has 4 aromatic rings. The van der Waals surface area contributed by atoms with Gasteiger partial charge < -0.3 is 14.0 Å². The molecule has 134 valence electrons. The lowest BCUT2D eigenvalue weighted by molar-refractivity contribution is 0.310. The van der Waals surface area contributed by atoms with Gasteiger partial charge in [0.25, 0.3) is 0 Å². The van der Waals surface area contributed by atoms with E-state index in [1.54, 1.807) is 7.11 Å². The lowest BCUT2D eigenvalue weighted by Crippen LogP contribution is -1.95. The van der Waals surface area contributed by atoms with Gasteiger partial charge >= 0.3 is 0 Å². The molecule has 27 heavy (non-hydrogen) atoms. The maximum atomic E-state index is 6.06. The van der Waals surface area contributed by atoms with Gasteiger partial charge in [0.2, 0.25) is 0 Å². The van der Waals surface area contributed by atoms with E-state index in [0.717, 1.165) is 33.5 Å². The van der Waals surface area contributed by atoms with Crippen LogP contribution in [-0.4, -0.2) is 11.7 Å². The third-order valence-electron chi connectivity index (χ3n) is 4.50. The molecule has 0 unspecified atom stereocenters. The fourth-order valence-electron chi connectivity index (χ4n) is 3.03. The summed E-state index contributed by atoms with van der Waals surface area (Å²) >= 11 is 0. The zero-order chi connectivity index (χ0) is 18.5. The van der Waals surface area contributed by atoms with Crippen LogP contribution in [0.25, 0.3) is 23.2 Å². The van der Waals surface area contributed by atoms with Crippen LogP contribution >= 0.6 is 0 Å². The van der Waals surface area contributed by atoms with Crippen molar-refractivity contribution in [3.63, 3.8) is 0 Å². The van der Waals surface area contributed by atoms with Crippen molar-refractivity contribution in [2.24, 2.45) is 0 Å². The van der Waals surface area contributed by atoms with Gasteiger partial charge in [0.05, 0.1) is 12.6 Å². The summed E-state index contributed by atoms with van der Waals surface area (Å²) in [6.45, 7) is 0.562. The molecule has 0 saturated heterocycles. The number of nitrogens with zero attached hydrogens (tertiary/aromatic N) is 1. The van der Waals surface area contributed by atoms with E-state index in [9.17, 15) is 0 Å². The lowest BCUT2D eigenvalue weighted by atomic mass is 10.2. The number of ether oxygens (including phenoxy) is 2. The molecule has 0 atom stereocenters. The van der Waals surface area contributed by atoms with Crippen molar-refractivity contribution in [3.05, 3.63) is 96.2 Å². The number of fused-ring (bicyclic) bond motifs is 1. The molecule has 1 aromatic heterocycles. The number of benzene rings is 3. The Morgan fingerprint density at radius 2 is 1.67 bits per heavy atom. The van der Waals surface area contributed by atoms with Gasteiger partial charge in [-0.2, -0.15) is 0 Å². The predicted molar refractivity (Wildman–Crippen MR) is 111 cm³/mol. The van der Waals surface area contributed by atoms with E-state index in [2.05, 4.69) is 47.3 Å². The summed E-state index contributed by atoms with van der Waals surface area (Å²) in [5, 5.41) is 1.10. The summed E-state index contributed by atoms with van der Waals surface area (Å²) < 4.78 is 13.4. The van der Waals surface area contributed by atoms with Crippen LogP contribution in [0.5, 0.6) is 11.5 Å². The van der Waals surface area contributed by atoms with Crippen molar-refractivity contribution in [2.45, 2.75) is 6.61 Å². The molecule has 3 heteroatoms. The summed E-state index contributed by atoms with van der Waals surface area (Å²) in [7, 11) is 1.67. The van der Waals surface area contributed by atoms with Crippen LogP contribution in [0.3, 0.4) is 0 Å². The summed E-state index contributed by atoms with van der Waals surface area (Å²) in [5.41, 5.74) is 3.40. The highest BCUT2D eigenvalue weighted by Gasteiger charge is 2.05. The zero-order valence-corrected chi connectivity index (χ0v) is 15.2. The van der Waals surface area contributed by atoms with Crippen LogP contribution in [0, 0.1) is 0 Å². The Kier molecular flexibility index (Phi) is 4.93. The summed E-state index contributed by atoms with van der Waals surface area (Å²) in [4.78, 5) is 0. The standard InChI is InChI=1S/C24H21NO2/c1-26-21-12-10-19(11-13-21)14-16-25-17-15-22-23(25)8-5-9-24(22)27-18-20-6-3-2-4-7-20/h2-17H,18H2,1H3/b16-14+. The van der Waals surface area contributed by atoms with Gasteiger partial charge in [-0.3, -0.25) is 0 Å². The van der Waals surface area contributed by atoms with Crippen molar-refractivity contribution in [1.29, 1.82) is 0 Å². The topological polar surface area (TPSA) is 23.4 Å². The minimum Gasteiger partial charge on any atom is -0.497 e. The van der Waals surface area contributed by atoms with Crippen LogP contribution in [0.1, 0.15) is 11.1 Å². The van der Waals surface area contributed by atoms with Crippen LogP contribution in [-0.2, 0) is 6.61 Å². The second-order valence-electron chi connectivity index (χ2n) is 6.28. The summed E-state index contributed by atoms with van der Waals surface area (Å²) in [6, 6.07) is 26.4. The Hall–Kier alpha value is -3.46. The van der Waals surface area contributed by atoms with Crippen molar-refractivity contribution in [3.8, 4) is 11.5 Å². The molecule has 0 aliphatic rings. The highest BCUT2D eigenvalue weighted by Crippen LogP contribution is 2.28. The Labute approximate surface area is 159 Å². The molecule has 0 amide bonds. The van der Waals surface area contributed by atoms with Crippen molar-refractivity contribution >= 4 is 23.2 Å². The Balaban J connectivity index is 1.55. The van der Waals surface area contributed by atoms with Crippen LogP contribution in [0.2, 0.25) is 0 Å². The Morgan fingerprint density at radius 1 is 0.852 bits per heavy atom. The molecule has 4 rings (SSSR count). The van der Waals surface area contributed by atoms with Gasteiger partial charge in [0.1, 0.15) is 18.1 Å². The summed E-state index contributed by atoms with van der Waals surface area (Å²) in [6.07, 6.45) is 6.20. The van der Waals surface area contributed by atoms with E-state index in [0.29, 0.717) is 6.61 Å². The molecule has 0 spiro atoms. The third-order valence-corrected chi connectivity index (χ3v) is 4.50. The predicted octanol–water partition coefficient (Wildman–Crippen LogP) is 5.86. The first kappa shape index (κ1) is 17.0. The van der Waals surface area contributed by atoms with Gasteiger partial charge in [0.15, 0.2) is 0 Å². The lowest BCUT2D eigenvalue weighted by Gasteiger charge is -2.08. The molecule has 0 saturated carbocycles. The minimum atomic E-state index is 0.562. The Bertz CT molecular complexity index is 1050. The largest absolute Gasteiger partial charge is 0.497 e.